The number of aryl methyl sites for hydroxylation is 2. The summed E-state index contributed by atoms with van der Waals surface area (Å²) in [6.45, 7) is 4.67. The van der Waals surface area contributed by atoms with Crippen LogP contribution in [0.15, 0.2) is 48.9 Å². The van der Waals surface area contributed by atoms with Gasteiger partial charge >= 0.3 is 0 Å². The Labute approximate surface area is 217 Å². The second-order valence-electron chi connectivity index (χ2n) is 10.2. The van der Waals surface area contributed by atoms with Crippen molar-refractivity contribution >= 4 is 11.8 Å². The molecule has 9 nitrogen and oxygen atoms in total. The van der Waals surface area contributed by atoms with Crippen molar-refractivity contribution in [3.63, 3.8) is 0 Å². The summed E-state index contributed by atoms with van der Waals surface area (Å²) in [5.74, 6) is 0.724. The van der Waals surface area contributed by atoms with Gasteiger partial charge in [-0.25, -0.2) is 4.98 Å². The van der Waals surface area contributed by atoms with E-state index in [-0.39, 0.29) is 17.2 Å². The van der Waals surface area contributed by atoms with Crippen molar-refractivity contribution in [1.82, 2.24) is 30.0 Å². The Morgan fingerprint density at radius 3 is 2.54 bits per heavy atom. The highest BCUT2D eigenvalue weighted by Crippen LogP contribution is 2.39. The molecular formula is C28H34N6O3. The van der Waals surface area contributed by atoms with Crippen molar-refractivity contribution < 1.29 is 14.3 Å². The average Bonchev–Trinajstić information content (AvgIpc) is 3.37. The molecule has 4 heterocycles. The van der Waals surface area contributed by atoms with Gasteiger partial charge in [-0.1, -0.05) is 24.6 Å². The Kier molecular flexibility index (Phi) is 7.48. The van der Waals surface area contributed by atoms with E-state index in [1.165, 1.54) is 11.8 Å². The van der Waals surface area contributed by atoms with Gasteiger partial charge in [-0.05, 0) is 62.1 Å². The third kappa shape index (κ3) is 5.81. The maximum Gasteiger partial charge on any atom is 0.274 e. The molecule has 0 saturated carbocycles. The standard InChI is InChI=1S/C28H34N6O3/c1-21-18-23(32-31-21)26(35)33-14-10-28(11-15-33)9-5-4-7-22-6-2-3-8-25(22)37-17-16-34(20-28)27(36)24-19-29-12-13-30-24/h2-3,6,8,12-13,18-19H,4-5,7,9-11,14-17,20H2,1H3,(H,31,32). The summed E-state index contributed by atoms with van der Waals surface area (Å²) in [6.07, 6.45) is 10.4. The summed E-state index contributed by atoms with van der Waals surface area (Å²) < 4.78 is 6.16. The minimum Gasteiger partial charge on any atom is -0.491 e. The van der Waals surface area contributed by atoms with Crippen LogP contribution < -0.4 is 4.74 Å². The van der Waals surface area contributed by atoms with Crippen molar-refractivity contribution in [3.8, 4) is 5.75 Å². The maximum absolute atomic E-state index is 13.5. The Hall–Kier alpha value is -3.75. The molecule has 0 aliphatic carbocycles. The van der Waals surface area contributed by atoms with Crippen molar-refractivity contribution in [3.05, 3.63) is 71.6 Å². The van der Waals surface area contributed by atoms with Gasteiger partial charge in [-0.3, -0.25) is 19.7 Å². The van der Waals surface area contributed by atoms with Crippen LogP contribution in [0.1, 0.15) is 64.3 Å². The fourth-order valence-corrected chi connectivity index (χ4v) is 5.52. The lowest BCUT2D eigenvalue weighted by atomic mass is 9.73. The lowest BCUT2D eigenvalue weighted by molar-refractivity contribution is 0.0323. The Morgan fingerprint density at radius 2 is 1.78 bits per heavy atom. The summed E-state index contributed by atoms with van der Waals surface area (Å²) in [7, 11) is 0. The number of aromatic amines is 1. The van der Waals surface area contributed by atoms with Crippen LogP contribution in [-0.2, 0) is 6.42 Å². The van der Waals surface area contributed by atoms with E-state index in [0.717, 1.165) is 50.0 Å². The van der Waals surface area contributed by atoms with Crippen LogP contribution in [0.2, 0.25) is 0 Å². The fourth-order valence-electron chi connectivity index (χ4n) is 5.52. The van der Waals surface area contributed by atoms with Crippen LogP contribution in [-0.4, -0.2) is 74.6 Å². The molecule has 2 aliphatic heterocycles. The predicted molar refractivity (Wildman–Crippen MR) is 138 cm³/mol. The molecule has 2 aliphatic rings. The third-order valence-electron chi connectivity index (χ3n) is 7.63. The molecule has 1 saturated heterocycles. The fraction of sp³-hybridized carbons (Fsp3) is 0.464. The van der Waals surface area contributed by atoms with Gasteiger partial charge in [0.15, 0.2) is 0 Å². The molecule has 0 radical (unpaired) electrons. The van der Waals surface area contributed by atoms with E-state index in [1.807, 2.05) is 34.9 Å². The molecule has 194 valence electrons. The van der Waals surface area contributed by atoms with Gasteiger partial charge in [0.25, 0.3) is 11.8 Å². The molecule has 3 aromatic rings. The normalized spacial score (nSPS) is 18.3. The molecule has 9 heteroatoms. The van der Waals surface area contributed by atoms with Gasteiger partial charge in [0.1, 0.15) is 23.7 Å². The smallest absolute Gasteiger partial charge is 0.274 e. The number of benzene rings is 1. The number of likely N-dealkylation sites (tertiary alicyclic amines) is 1. The van der Waals surface area contributed by atoms with Gasteiger partial charge in [0.2, 0.25) is 0 Å². The van der Waals surface area contributed by atoms with Crippen LogP contribution in [0, 0.1) is 12.3 Å². The number of carbonyl (C=O) groups excluding carboxylic acids is 2. The second kappa shape index (κ2) is 11.1. The van der Waals surface area contributed by atoms with Crippen molar-refractivity contribution in [1.29, 1.82) is 0 Å². The average molecular weight is 503 g/mol. The zero-order valence-corrected chi connectivity index (χ0v) is 21.4. The minimum atomic E-state index is -0.132. The van der Waals surface area contributed by atoms with E-state index < -0.39 is 0 Å². The Balaban J connectivity index is 1.36. The largest absolute Gasteiger partial charge is 0.491 e. The van der Waals surface area contributed by atoms with Crippen LogP contribution >= 0.6 is 0 Å². The first-order valence-corrected chi connectivity index (χ1v) is 13.1. The number of nitrogens with one attached hydrogen (secondary N) is 1. The topological polar surface area (TPSA) is 104 Å². The van der Waals surface area contributed by atoms with Crippen LogP contribution in [0.3, 0.4) is 0 Å². The highest BCUT2D eigenvalue weighted by molar-refractivity contribution is 5.93. The van der Waals surface area contributed by atoms with Crippen molar-refractivity contribution in [2.45, 2.75) is 45.4 Å². The van der Waals surface area contributed by atoms with E-state index >= 15 is 0 Å². The first-order valence-electron chi connectivity index (χ1n) is 13.1. The summed E-state index contributed by atoms with van der Waals surface area (Å²) in [6, 6.07) is 9.96. The number of piperidine rings is 1. The highest BCUT2D eigenvalue weighted by Gasteiger charge is 2.39. The number of para-hydroxylation sites is 1. The molecule has 1 fully saturated rings. The molecule has 1 N–H and O–H groups in total. The number of ether oxygens (including phenoxy) is 1. The number of amides is 2. The first kappa shape index (κ1) is 24.9. The van der Waals surface area contributed by atoms with Crippen LogP contribution in [0.25, 0.3) is 0 Å². The number of nitrogens with zero attached hydrogens (tertiary/aromatic N) is 5. The minimum absolute atomic E-state index is 0.0372. The van der Waals surface area contributed by atoms with Gasteiger partial charge in [-0.15, -0.1) is 0 Å². The summed E-state index contributed by atoms with van der Waals surface area (Å²) in [5, 5.41) is 7.02. The SMILES string of the molecule is Cc1cc(C(=O)N2CCC3(CCCCc4ccccc4OCCN(C(=O)c4cnccn4)C3)CC2)n[nH]1. The molecule has 0 atom stereocenters. The third-order valence-corrected chi connectivity index (χ3v) is 7.63. The summed E-state index contributed by atoms with van der Waals surface area (Å²) in [5.41, 5.74) is 2.81. The molecule has 2 aromatic heterocycles. The van der Waals surface area contributed by atoms with Crippen LogP contribution in [0.4, 0.5) is 0 Å². The predicted octanol–water partition coefficient (Wildman–Crippen LogP) is 3.68. The number of carbonyl (C=O) groups is 2. The second-order valence-corrected chi connectivity index (χ2v) is 10.2. The quantitative estimate of drug-likeness (QED) is 0.573. The van der Waals surface area contributed by atoms with Crippen molar-refractivity contribution in [2.75, 3.05) is 32.8 Å². The van der Waals surface area contributed by atoms with E-state index in [0.29, 0.717) is 44.2 Å². The Bertz CT molecular complexity index is 1220. The summed E-state index contributed by atoms with van der Waals surface area (Å²) in [4.78, 5) is 38.7. The molecule has 37 heavy (non-hydrogen) atoms. The van der Waals surface area contributed by atoms with E-state index in [4.69, 9.17) is 4.74 Å². The van der Waals surface area contributed by atoms with E-state index in [2.05, 4.69) is 26.2 Å². The highest BCUT2D eigenvalue weighted by atomic mass is 16.5. The number of aromatic nitrogens is 4. The molecule has 0 bridgehead atoms. The first-order chi connectivity index (χ1) is 18.0. The van der Waals surface area contributed by atoms with E-state index in [9.17, 15) is 9.59 Å². The molecule has 2 amide bonds. The van der Waals surface area contributed by atoms with Gasteiger partial charge in [0, 0.05) is 37.7 Å². The van der Waals surface area contributed by atoms with Gasteiger partial charge in [0.05, 0.1) is 12.7 Å². The zero-order chi connectivity index (χ0) is 25.7. The maximum atomic E-state index is 13.5. The summed E-state index contributed by atoms with van der Waals surface area (Å²) >= 11 is 0. The molecule has 5 rings (SSSR count). The van der Waals surface area contributed by atoms with Crippen LogP contribution in [0.5, 0.6) is 5.75 Å². The molecule has 1 aromatic carbocycles. The zero-order valence-electron chi connectivity index (χ0n) is 21.4. The van der Waals surface area contributed by atoms with Gasteiger partial charge in [-0.2, -0.15) is 5.10 Å². The van der Waals surface area contributed by atoms with Crippen molar-refractivity contribution in [2.24, 2.45) is 5.41 Å². The molecule has 1 spiro atoms. The molecule has 0 unspecified atom stereocenters. The number of H-pyrrole nitrogens is 1. The number of fused-ring (bicyclic) bond motifs is 1. The van der Waals surface area contributed by atoms with Gasteiger partial charge < -0.3 is 14.5 Å². The number of rotatable bonds is 2. The number of hydrogen-bond donors (Lipinski definition) is 1. The number of hydrogen-bond acceptors (Lipinski definition) is 6. The monoisotopic (exact) mass is 502 g/mol. The lowest BCUT2D eigenvalue weighted by Gasteiger charge is -2.44. The lowest BCUT2D eigenvalue weighted by Crippen LogP contribution is -2.50. The Morgan fingerprint density at radius 1 is 0.973 bits per heavy atom. The van der Waals surface area contributed by atoms with E-state index in [1.54, 1.807) is 18.5 Å². The molecular weight excluding hydrogens is 468 g/mol.